The van der Waals surface area contributed by atoms with Gasteiger partial charge in [-0.15, -0.1) is 0 Å². The molecule has 1 aromatic heterocycles. The van der Waals surface area contributed by atoms with Crippen molar-refractivity contribution in [1.82, 2.24) is 4.98 Å². The molecule has 0 spiro atoms. The molecule has 0 aliphatic heterocycles. The molecule has 11 heavy (non-hydrogen) atoms. The molecule has 2 rings (SSSR count). The number of fused-ring (bicyclic) bond motifs is 1. The van der Waals surface area contributed by atoms with Gasteiger partial charge in [-0.1, -0.05) is 12.1 Å². The lowest BCUT2D eigenvalue weighted by atomic mass is 10.2. The van der Waals surface area contributed by atoms with E-state index in [1.54, 1.807) is 0 Å². The van der Waals surface area contributed by atoms with Crippen molar-refractivity contribution in [1.29, 1.82) is 0 Å². The van der Waals surface area contributed by atoms with Gasteiger partial charge in [0.25, 0.3) is 0 Å². The molecule has 0 atom stereocenters. The van der Waals surface area contributed by atoms with Gasteiger partial charge < -0.3 is 5.11 Å². The molecule has 2 aromatic rings. The summed E-state index contributed by atoms with van der Waals surface area (Å²) in [6.45, 7) is 0. The largest absolute Gasteiger partial charge is 0.507 e. The number of rotatable bonds is 0. The lowest BCUT2D eigenvalue weighted by molar-refractivity contribution is 0.480. The first kappa shape index (κ1) is 6.16. The number of hydrogen-bond donors (Lipinski definition) is 1. The van der Waals surface area contributed by atoms with E-state index in [2.05, 4.69) is 11.1 Å². The molecule has 53 valence electrons. The Labute approximate surface area is 64.1 Å². The van der Waals surface area contributed by atoms with Gasteiger partial charge in [-0.2, -0.15) is 0 Å². The Kier molecular flexibility index (Phi) is 1.25. The van der Waals surface area contributed by atoms with Crippen LogP contribution in [-0.4, -0.2) is 10.1 Å². The molecule has 0 bridgehead atoms. The maximum atomic E-state index is 9.28. The molecule has 0 saturated heterocycles. The zero-order valence-corrected chi connectivity index (χ0v) is 5.78. The van der Waals surface area contributed by atoms with Crippen molar-refractivity contribution >= 4 is 10.9 Å². The Morgan fingerprint density at radius 1 is 1.27 bits per heavy atom. The predicted molar refractivity (Wildman–Crippen MR) is 42.2 cm³/mol. The van der Waals surface area contributed by atoms with E-state index in [0.29, 0.717) is 0 Å². The molecule has 0 aliphatic carbocycles. The van der Waals surface area contributed by atoms with Crippen molar-refractivity contribution in [3.05, 3.63) is 36.5 Å². The zero-order chi connectivity index (χ0) is 7.68. The number of benzene rings is 1. The number of para-hydroxylation sites is 1. The van der Waals surface area contributed by atoms with E-state index in [4.69, 9.17) is 0 Å². The third kappa shape index (κ3) is 0.923. The molecule has 1 aromatic carbocycles. The molecule has 2 nitrogen and oxygen atoms in total. The molecule has 0 amide bonds. The quantitative estimate of drug-likeness (QED) is 0.611. The fourth-order valence-electron chi connectivity index (χ4n) is 1.03. The first-order valence-corrected chi connectivity index (χ1v) is 3.32. The van der Waals surface area contributed by atoms with E-state index in [9.17, 15) is 5.11 Å². The van der Waals surface area contributed by atoms with Crippen molar-refractivity contribution in [2.45, 2.75) is 0 Å². The molecular weight excluding hydrogens is 138 g/mol. The average molecular weight is 144 g/mol. The SMILES string of the molecule is Oc1[c]cnc2ccccc12. The van der Waals surface area contributed by atoms with E-state index < -0.39 is 0 Å². The number of nitrogens with zero attached hydrogens (tertiary/aromatic N) is 1. The Bertz CT molecular complexity index is 379. The average Bonchev–Trinajstić information content (AvgIpc) is 2.06. The topological polar surface area (TPSA) is 33.1 Å². The number of aromatic nitrogens is 1. The summed E-state index contributed by atoms with van der Waals surface area (Å²) in [7, 11) is 0. The molecular formula is C9H6NO. The van der Waals surface area contributed by atoms with Crippen molar-refractivity contribution in [2.24, 2.45) is 0 Å². The van der Waals surface area contributed by atoms with E-state index in [1.807, 2.05) is 24.3 Å². The summed E-state index contributed by atoms with van der Waals surface area (Å²) in [5.41, 5.74) is 0.795. The van der Waals surface area contributed by atoms with Crippen molar-refractivity contribution in [3.63, 3.8) is 0 Å². The second-order valence-corrected chi connectivity index (χ2v) is 2.27. The monoisotopic (exact) mass is 144 g/mol. The van der Waals surface area contributed by atoms with Crippen molar-refractivity contribution < 1.29 is 5.11 Å². The second kappa shape index (κ2) is 2.23. The van der Waals surface area contributed by atoms with E-state index in [1.165, 1.54) is 6.20 Å². The van der Waals surface area contributed by atoms with Gasteiger partial charge in [-0.05, 0) is 12.1 Å². The summed E-state index contributed by atoms with van der Waals surface area (Å²) in [5, 5.41) is 10.0. The van der Waals surface area contributed by atoms with Crippen LogP contribution in [0.4, 0.5) is 0 Å². The smallest absolute Gasteiger partial charge is 0.134 e. The van der Waals surface area contributed by atoms with Gasteiger partial charge in [0.2, 0.25) is 0 Å². The summed E-state index contributed by atoms with van der Waals surface area (Å²) in [6.07, 6.45) is 1.47. The van der Waals surface area contributed by atoms with Gasteiger partial charge in [-0.25, -0.2) is 0 Å². The summed E-state index contributed by atoms with van der Waals surface area (Å²) >= 11 is 0. The zero-order valence-electron chi connectivity index (χ0n) is 5.78. The third-order valence-corrected chi connectivity index (χ3v) is 1.56. The molecule has 1 N–H and O–H groups in total. The van der Waals surface area contributed by atoms with Crippen LogP contribution in [0.25, 0.3) is 10.9 Å². The Hall–Kier alpha value is -1.57. The first-order chi connectivity index (χ1) is 5.38. The van der Waals surface area contributed by atoms with Crippen LogP contribution in [0.2, 0.25) is 0 Å². The van der Waals surface area contributed by atoms with Crippen LogP contribution in [-0.2, 0) is 0 Å². The van der Waals surface area contributed by atoms with Crippen LogP contribution in [0.3, 0.4) is 0 Å². The third-order valence-electron chi connectivity index (χ3n) is 1.56. The Balaban J connectivity index is 2.91. The number of aromatic hydroxyl groups is 1. The molecule has 0 aliphatic rings. The highest BCUT2D eigenvalue weighted by Crippen LogP contribution is 2.20. The number of pyridine rings is 1. The van der Waals surface area contributed by atoms with Gasteiger partial charge in [0.1, 0.15) is 5.75 Å². The second-order valence-electron chi connectivity index (χ2n) is 2.27. The van der Waals surface area contributed by atoms with E-state index >= 15 is 0 Å². The van der Waals surface area contributed by atoms with E-state index in [-0.39, 0.29) is 5.75 Å². The first-order valence-electron chi connectivity index (χ1n) is 3.32. The highest BCUT2D eigenvalue weighted by molar-refractivity contribution is 5.83. The maximum absolute atomic E-state index is 9.28. The molecule has 0 unspecified atom stereocenters. The highest BCUT2D eigenvalue weighted by atomic mass is 16.3. The van der Waals surface area contributed by atoms with Crippen LogP contribution in [0.1, 0.15) is 0 Å². The van der Waals surface area contributed by atoms with Gasteiger partial charge in [0.05, 0.1) is 5.52 Å². The summed E-state index contributed by atoms with van der Waals surface area (Å²) in [6, 6.07) is 10.0. The highest BCUT2D eigenvalue weighted by Gasteiger charge is 1.96. The van der Waals surface area contributed by atoms with Gasteiger partial charge in [0, 0.05) is 17.6 Å². The van der Waals surface area contributed by atoms with Crippen LogP contribution in [0.5, 0.6) is 5.75 Å². The Morgan fingerprint density at radius 2 is 2.09 bits per heavy atom. The molecule has 0 fully saturated rings. The van der Waals surface area contributed by atoms with Crippen molar-refractivity contribution in [2.75, 3.05) is 0 Å². The fourth-order valence-corrected chi connectivity index (χ4v) is 1.03. The van der Waals surface area contributed by atoms with Crippen LogP contribution in [0.15, 0.2) is 30.5 Å². The van der Waals surface area contributed by atoms with Gasteiger partial charge in [0.15, 0.2) is 0 Å². The standard InChI is InChI=1S/C9H6NO/c11-9-5-6-10-8-4-2-1-3-7(8)9/h1-4,6H,(H,10,11). The Morgan fingerprint density at radius 3 is 2.91 bits per heavy atom. The summed E-state index contributed by atoms with van der Waals surface area (Å²) in [4.78, 5) is 4.03. The molecule has 0 saturated carbocycles. The van der Waals surface area contributed by atoms with Gasteiger partial charge in [-0.3, -0.25) is 4.98 Å². The van der Waals surface area contributed by atoms with Crippen molar-refractivity contribution in [3.8, 4) is 5.75 Å². The van der Waals surface area contributed by atoms with Crippen LogP contribution >= 0.6 is 0 Å². The molecule has 2 heteroatoms. The van der Waals surface area contributed by atoms with E-state index in [0.717, 1.165) is 10.9 Å². The predicted octanol–water partition coefficient (Wildman–Crippen LogP) is 1.74. The maximum Gasteiger partial charge on any atom is 0.134 e. The minimum atomic E-state index is 0.163. The number of hydrogen-bond acceptors (Lipinski definition) is 2. The minimum absolute atomic E-state index is 0.163. The molecule has 1 heterocycles. The van der Waals surface area contributed by atoms with Crippen LogP contribution < -0.4 is 0 Å². The van der Waals surface area contributed by atoms with Gasteiger partial charge >= 0.3 is 0 Å². The summed E-state index contributed by atoms with van der Waals surface area (Å²) < 4.78 is 0. The molecule has 1 radical (unpaired) electrons. The van der Waals surface area contributed by atoms with Crippen LogP contribution in [0, 0.1) is 6.07 Å². The lowest BCUT2D eigenvalue weighted by Gasteiger charge is -1.96. The minimum Gasteiger partial charge on any atom is -0.507 e. The summed E-state index contributed by atoms with van der Waals surface area (Å²) in [5.74, 6) is 0.163. The normalized spacial score (nSPS) is 10.2. The fraction of sp³-hybridized carbons (Fsp3) is 0. The lowest BCUT2D eigenvalue weighted by Crippen LogP contribution is -1.76.